The second-order valence-corrected chi connectivity index (χ2v) is 6.81. The van der Waals surface area contributed by atoms with Crippen LogP contribution in [-0.4, -0.2) is 56.2 Å². The fourth-order valence-electron chi connectivity index (χ4n) is 3.38. The average Bonchev–Trinajstić information content (AvgIpc) is 2.71. The Morgan fingerprint density at radius 1 is 0.926 bits per heavy atom. The van der Waals surface area contributed by atoms with Crippen molar-refractivity contribution in [3.8, 4) is 11.5 Å². The summed E-state index contributed by atoms with van der Waals surface area (Å²) in [6, 6.07) is 16.7. The van der Waals surface area contributed by atoms with Crippen LogP contribution in [0.3, 0.4) is 0 Å². The third-order valence-corrected chi connectivity index (χ3v) is 4.87. The van der Waals surface area contributed by atoms with Gasteiger partial charge in [0.1, 0.15) is 0 Å². The minimum Gasteiger partial charge on any atom is -0.493 e. The van der Waals surface area contributed by atoms with E-state index in [0.29, 0.717) is 6.61 Å². The van der Waals surface area contributed by atoms with Crippen LogP contribution in [0.25, 0.3) is 6.08 Å². The Bertz CT molecular complexity index is 722. The van der Waals surface area contributed by atoms with E-state index in [1.54, 1.807) is 7.11 Å². The van der Waals surface area contributed by atoms with Crippen LogP contribution in [0.5, 0.6) is 11.5 Å². The summed E-state index contributed by atoms with van der Waals surface area (Å²) < 4.78 is 11.1. The molecule has 0 saturated carbocycles. The predicted octanol–water partition coefficient (Wildman–Crippen LogP) is 3.92. The highest BCUT2D eigenvalue weighted by molar-refractivity contribution is 5.48. The van der Waals surface area contributed by atoms with Gasteiger partial charge in [0.05, 0.1) is 13.7 Å². The van der Waals surface area contributed by atoms with Crippen LogP contribution >= 0.6 is 0 Å². The van der Waals surface area contributed by atoms with Gasteiger partial charge in [-0.15, -0.1) is 0 Å². The first-order valence-electron chi connectivity index (χ1n) is 9.74. The Hall–Kier alpha value is -2.30. The first kappa shape index (κ1) is 19.5. The minimum atomic E-state index is 0.649. The lowest BCUT2D eigenvalue weighted by Gasteiger charge is -2.34. The molecule has 1 aliphatic rings. The smallest absolute Gasteiger partial charge is 0.161 e. The summed E-state index contributed by atoms with van der Waals surface area (Å²) >= 11 is 0. The van der Waals surface area contributed by atoms with Gasteiger partial charge in [-0.3, -0.25) is 9.80 Å². The number of rotatable bonds is 8. The van der Waals surface area contributed by atoms with Crippen molar-refractivity contribution < 1.29 is 9.47 Å². The monoisotopic (exact) mass is 366 g/mol. The number of ether oxygens (including phenoxy) is 2. The molecule has 0 spiro atoms. The Labute approximate surface area is 163 Å². The Morgan fingerprint density at radius 2 is 1.67 bits per heavy atom. The van der Waals surface area contributed by atoms with E-state index in [1.165, 1.54) is 11.1 Å². The molecular weight excluding hydrogens is 336 g/mol. The zero-order valence-electron chi connectivity index (χ0n) is 16.4. The van der Waals surface area contributed by atoms with E-state index >= 15 is 0 Å². The largest absolute Gasteiger partial charge is 0.493 e. The zero-order valence-corrected chi connectivity index (χ0v) is 16.4. The van der Waals surface area contributed by atoms with Crippen molar-refractivity contribution in [1.29, 1.82) is 0 Å². The normalized spacial score (nSPS) is 15.9. The molecule has 0 atom stereocenters. The zero-order chi connectivity index (χ0) is 18.9. The van der Waals surface area contributed by atoms with Crippen LogP contribution in [0.4, 0.5) is 0 Å². The van der Waals surface area contributed by atoms with Crippen molar-refractivity contribution in [2.45, 2.75) is 13.5 Å². The highest BCUT2D eigenvalue weighted by Gasteiger charge is 2.16. The first-order valence-corrected chi connectivity index (χ1v) is 9.74. The van der Waals surface area contributed by atoms with Crippen molar-refractivity contribution in [3.05, 3.63) is 65.7 Å². The van der Waals surface area contributed by atoms with Crippen LogP contribution in [0.15, 0.2) is 54.6 Å². The van der Waals surface area contributed by atoms with Crippen LogP contribution < -0.4 is 9.47 Å². The van der Waals surface area contributed by atoms with Crippen LogP contribution in [0.2, 0.25) is 0 Å². The standard InChI is InChI=1S/C23H30N2O2/c1-3-27-22-12-11-21(18-23(22)26-2)19-25-16-14-24(15-17-25)13-7-10-20-8-5-4-6-9-20/h4-12,18H,3,13-17,19H2,1-2H3/b10-7+. The molecule has 0 aliphatic carbocycles. The molecule has 4 heteroatoms. The van der Waals surface area contributed by atoms with Crippen molar-refractivity contribution in [3.63, 3.8) is 0 Å². The predicted molar refractivity (Wildman–Crippen MR) is 111 cm³/mol. The molecule has 2 aromatic carbocycles. The van der Waals surface area contributed by atoms with E-state index in [2.05, 4.69) is 64.4 Å². The molecule has 1 aliphatic heterocycles. The van der Waals surface area contributed by atoms with Crippen LogP contribution in [0, 0.1) is 0 Å². The Morgan fingerprint density at radius 3 is 2.37 bits per heavy atom. The van der Waals surface area contributed by atoms with Crippen molar-refractivity contribution in [2.75, 3.05) is 46.4 Å². The molecule has 0 aromatic heterocycles. The molecule has 4 nitrogen and oxygen atoms in total. The Balaban J connectivity index is 1.46. The van der Waals surface area contributed by atoms with E-state index in [1.807, 2.05) is 13.0 Å². The molecule has 27 heavy (non-hydrogen) atoms. The van der Waals surface area contributed by atoms with Crippen molar-refractivity contribution in [2.24, 2.45) is 0 Å². The molecule has 0 radical (unpaired) electrons. The summed E-state index contributed by atoms with van der Waals surface area (Å²) in [4.78, 5) is 5.02. The van der Waals surface area contributed by atoms with Gasteiger partial charge in [0.25, 0.3) is 0 Å². The van der Waals surface area contributed by atoms with E-state index in [9.17, 15) is 0 Å². The second kappa shape index (κ2) is 10.1. The number of piperazine rings is 1. The maximum absolute atomic E-state index is 5.60. The molecule has 0 unspecified atom stereocenters. The van der Waals surface area contributed by atoms with Gasteiger partial charge in [0.2, 0.25) is 0 Å². The summed E-state index contributed by atoms with van der Waals surface area (Å²) in [5.41, 5.74) is 2.54. The van der Waals surface area contributed by atoms with Gasteiger partial charge in [-0.2, -0.15) is 0 Å². The van der Waals surface area contributed by atoms with Gasteiger partial charge >= 0.3 is 0 Å². The fraction of sp³-hybridized carbons (Fsp3) is 0.391. The van der Waals surface area contributed by atoms with E-state index in [0.717, 1.165) is 50.8 Å². The Kier molecular flexibility index (Phi) is 7.31. The minimum absolute atomic E-state index is 0.649. The first-order chi connectivity index (χ1) is 13.3. The summed E-state index contributed by atoms with van der Waals surface area (Å²) in [6.45, 7) is 9.00. The van der Waals surface area contributed by atoms with E-state index in [-0.39, 0.29) is 0 Å². The van der Waals surface area contributed by atoms with Crippen molar-refractivity contribution >= 4 is 6.08 Å². The van der Waals surface area contributed by atoms with Crippen LogP contribution in [0.1, 0.15) is 18.1 Å². The third-order valence-electron chi connectivity index (χ3n) is 4.87. The van der Waals surface area contributed by atoms with E-state index < -0.39 is 0 Å². The van der Waals surface area contributed by atoms with Gasteiger partial charge in [0.15, 0.2) is 11.5 Å². The number of hydrogen-bond donors (Lipinski definition) is 0. The number of benzene rings is 2. The highest BCUT2D eigenvalue weighted by atomic mass is 16.5. The number of nitrogens with zero attached hydrogens (tertiary/aromatic N) is 2. The summed E-state index contributed by atoms with van der Waals surface area (Å²) in [5, 5.41) is 0. The molecule has 3 rings (SSSR count). The molecule has 1 saturated heterocycles. The topological polar surface area (TPSA) is 24.9 Å². The molecule has 1 heterocycles. The maximum Gasteiger partial charge on any atom is 0.161 e. The van der Waals surface area contributed by atoms with Gasteiger partial charge in [-0.25, -0.2) is 0 Å². The summed E-state index contributed by atoms with van der Waals surface area (Å²) in [7, 11) is 1.70. The quantitative estimate of drug-likeness (QED) is 0.707. The lowest BCUT2D eigenvalue weighted by atomic mass is 10.1. The third kappa shape index (κ3) is 5.84. The molecule has 0 bridgehead atoms. The van der Waals surface area contributed by atoms with Crippen molar-refractivity contribution in [1.82, 2.24) is 9.80 Å². The summed E-state index contributed by atoms with van der Waals surface area (Å²) in [6.07, 6.45) is 4.47. The van der Waals surface area contributed by atoms with Gasteiger partial charge in [-0.1, -0.05) is 48.6 Å². The lowest BCUT2D eigenvalue weighted by molar-refractivity contribution is 0.137. The van der Waals surface area contributed by atoms with E-state index in [4.69, 9.17) is 9.47 Å². The molecule has 144 valence electrons. The highest BCUT2D eigenvalue weighted by Crippen LogP contribution is 2.28. The van der Waals surface area contributed by atoms with Gasteiger partial charge < -0.3 is 9.47 Å². The molecule has 2 aromatic rings. The number of hydrogen-bond acceptors (Lipinski definition) is 4. The van der Waals surface area contributed by atoms with Crippen LogP contribution in [-0.2, 0) is 6.54 Å². The SMILES string of the molecule is CCOc1ccc(CN2CCN(C/C=C/c3ccccc3)CC2)cc1OC. The van der Waals surface area contributed by atoms with Gasteiger partial charge in [0, 0.05) is 39.3 Å². The number of methoxy groups -OCH3 is 1. The lowest BCUT2D eigenvalue weighted by Crippen LogP contribution is -2.45. The molecular formula is C23H30N2O2. The molecule has 0 N–H and O–H groups in total. The fourth-order valence-corrected chi connectivity index (χ4v) is 3.38. The maximum atomic E-state index is 5.60. The van der Waals surface area contributed by atoms with Gasteiger partial charge in [-0.05, 0) is 30.2 Å². The molecule has 1 fully saturated rings. The second-order valence-electron chi connectivity index (χ2n) is 6.81. The average molecular weight is 367 g/mol. The molecule has 0 amide bonds. The summed E-state index contributed by atoms with van der Waals surface area (Å²) in [5.74, 6) is 1.64.